The Balaban J connectivity index is 1.66. The minimum absolute atomic E-state index is 0.366. The van der Waals surface area contributed by atoms with Gasteiger partial charge in [0.2, 0.25) is 17.5 Å². The lowest BCUT2D eigenvalue weighted by Gasteiger charge is -2.24. The molecule has 1 aliphatic rings. The third-order valence-electron chi connectivity index (χ3n) is 4.93. The highest BCUT2D eigenvalue weighted by Crippen LogP contribution is 2.43. The van der Waals surface area contributed by atoms with Crippen LogP contribution in [0.25, 0.3) is 11.4 Å². The van der Waals surface area contributed by atoms with E-state index in [1.165, 1.54) is 12.8 Å². The molecule has 8 heteroatoms. The summed E-state index contributed by atoms with van der Waals surface area (Å²) >= 11 is 0. The topological polar surface area (TPSA) is 79.1 Å². The van der Waals surface area contributed by atoms with Crippen molar-refractivity contribution in [1.82, 2.24) is 15.0 Å². The highest BCUT2D eigenvalue weighted by atomic mass is 16.5. The van der Waals surface area contributed by atoms with Gasteiger partial charge in [0.25, 0.3) is 0 Å². The van der Waals surface area contributed by atoms with Crippen LogP contribution >= 0.6 is 0 Å². The zero-order valence-corrected chi connectivity index (χ0v) is 17.1. The summed E-state index contributed by atoms with van der Waals surface area (Å²) in [5.41, 5.74) is 0.688. The summed E-state index contributed by atoms with van der Waals surface area (Å²) in [5, 5.41) is 4.12. The van der Waals surface area contributed by atoms with E-state index in [9.17, 15) is 0 Å². The van der Waals surface area contributed by atoms with E-state index >= 15 is 0 Å². The molecule has 154 valence electrons. The third kappa shape index (κ3) is 4.74. The monoisotopic (exact) mass is 391 g/mol. The van der Waals surface area contributed by atoms with Crippen LogP contribution in [-0.4, -0.2) is 62.7 Å². The Morgan fingerprint density at radius 1 is 1.11 bits per heavy atom. The molecule has 0 spiro atoms. The third-order valence-corrected chi connectivity index (χ3v) is 4.93. The maximum atomic E-state index is 5.79. The van der Waals surface area contributed by atoms with Crippen molar-refractivity contribution in [2.24, 2.45) is 0 Å². The van der Waals surface area contributed by atoms with Gasteiger partial charge in [0.15, 0.2) is 11.5 Å². The summed E-state index contributed by atoms with van der Waals surface area (Å²) < 4.78 is 27.5. The van der Waals surface area contributed by atoms with Gasteiger partial charge in [-0.15, -0.1) is 0 Å². The van der Waals surface area contributed by atoms with Gasteiger partial charge in [0.05, 0.1) is 39.5 Å². The molecule has 1 fully saturated rings. The van der Waals surface area contributed by atoms with Crippen LogP contribution in [0, 0.1) is 0 Å². The van der Waals surface area contributed by atoms with Gasteiger partial charge in [-0.2, -0.15) is 4.98 Å². The average molecular weight is 391 g/mol. The summed E-state index contributed by atoms with van der Waals surface area (Å²) in [4.78, 5) is 6.70. The molecule has 1 saturated heterocycles. The zero-order valence-electron chi connectivity index (χ0n) is 17.1. The predicted octanol–water partition coefficient (Wildman–Crippen LogP) is 3.15. The van der Waals surface area contributed by atoms with Crippen molar-refractivity contribution < 1.29 is 23.5 Å². The summed E-state index contributed by atoms with van der Waals surface area (Å²) in [7, 11) is 6.76. The number of methoxy groups -OCH3 is 3. The molecule has 3 rings (SSSR count). The molecule has 0 radical (unpaired) electrons. The highest BCUT2D eigenvalue weighted by Gasteiger charge is 2.21. The van der Waals surface area contributed by atoms with Crippen molar-refractivity contribution in [3.63, 3.8) is 0 Å². The molecule has 2 heterocycles. The lowest BCUT2D eigenvalue weighted by Crippen LogP contribution is -2.26. The molecule has 28 heavy (non-hydrogen) atoms. The van der Waals surface area contributed by atoms with E-state index in [1.807, 2.05) is 13.1 Å². The summed E-state index contributed by atoms with van der Waals surface area (Å²) in [6, 6.07) is 3.63. The average Bonchev–Trinajstić information content (AvgIpc) is 3.19. The van der Waals surface area contributed by atoms with Crippen molar-refractivity contribution in [3.05, 3.63) is 18.0 Å². The molecule has 1 atom stereocenters. The Morgan fingerprint density at radius 2 is 1.93 bits per heavy atom. The van der Waals surface area contributed by atoms with E-state index in [0.717, 1.165) is 26.0 Å². The van der Waals surface area contributed by atoms with Gasteiger partial charge in [0, 0.05) is 13.2 Å². The first-order chi connectivity index (χ1) is 13.7. The van der Waals surface area contributed by atoms with E-state index in [-0.39, 0.29) is 0 Å². The van der Waals surface area contributed by atoms with Crippen LogP contribution in [0.5, 0.6) is 17.2 Å². The van der Waals surface area contributed by atoms with Gasteiger partial charge in [-0.25, -0.2) is 0 Å². The van der Waals surface area contributed by atoms with Crippen LogP contribution in [-0.2, 0) is 11.3 Å². The molecule has 1 aliphatic heterocycles. The molecule has 0 amide bonds. The van der Waals surface area contributed by atoms with Crippen LogP contribution in [0.3, 0.4) is 0 Å². The fourth-order valence-corrected chi connectivity index (χ4v) is 3.42. The number of aromatic nitrogens is 2. The molecular weight excluding hydrogens is 362 g/mol. The fourth-order valence-electron chi connectivity index (χ4n) is 3.42. The number of hydrogen-bond acceptors (Lipinski definition) is 8. The van der Waals surface area contributed by atoms with Crippen molar-refractivity contribution in [2.45, 2.75) is 38.3 Å². The highest BCUT2D eigenvalue weighted by molar-refractivity contribution is 5.71. The second-order valence-electron chi connectivity index (χ2n) is 6.91. The molecule has 1 aromatic heterocycles. The molecule has 1 aromatic carbocycles. The van der Waals surface area contributed by atoms with Gasteiger partial charge < -0.3 is 23.5 Å². The molecule has 0 bridgehead atoms. The Bertz CT molecular complexity index is 758. The van der Waals surface area contributed by atoms with Gasteiger partial charge in [0.1, 0.15) is 0 Å². The maximum Gasteiger partial charge on any atom is 0.241 e. The quantitative estimate of drug-likeness (QED) is 0.645. The maximum absolute atomic E-state index is 5.79. The summed E-state index contributed by atoms with van der Waals surface area (Å²) in [6.07, 6.45) is 4.97. The van der Waals surface area contributed by atoms with Gasteiger partial charge in [-0.05, 0) is 44.9 Å². The second kappa shape index (κ2) is 9.75. The molecular formula is C20H29N3O5. The van der Waals surface area contributed by atoms with Gasteiger partial charge in [-0.1, -0.05) is 5.16 Å². The Hall–Kier alpha value is -2.32. The fraction of sp³-hybridized carbons (Fsp3) is 0.600. The van der Waals surface area contributed by atoms with Crippen molar-refractivity contribution in [2.75, 3.05) is 41.5 Å². The van der Waals surface area contributed by atoms with Gasteiger partial charge in [-0.3, -0.25) is 4.90 Å². The summed E-state index contributed by atoms with van der Waals surface area (Å²) in [5.74, 6) is 2.60. The lowest BCUT2D eigenvalue weighted by molar-refractivity contribution is 0.00602. The molecule has 2 aromatic rings. The van der Waals surface area contributed by atoms with E-state index < -0.39 is 0 Å². The van der Waals surface area contributed by atoms with Crippen LogP contribution in [0.2, 0.25) is 0 Å². The number of nitrogens with zero attached hydrogens (tertiary/aromatic N) is 3. The first-order valence-corrected chi connectivity index (χ1v) is 9.58. The van der Waals surface area contributed by atoms with Crippen molar-refractivity contribution in [1.29, 1.82) is 0 Å². The number of ether oxygens (including phenoxy) is 4. The minimum atomic E-state index is 0.366. The van der Waals surface area contributed by atoms with Crippen LogP contribution in [0.1, 0.15) is 31.6 Å². The smallest absolute Gasteiger partial charge is 0.241 e. The zero-order chi connectivity index (χ0) is 19.9. The largest absolute Gasteiger partial charge is 0.493 e. The van der Waals surface area contributed by atoms with E-state index in [4.69, 9.17) is 23.5 Å². The molecule has 8 nitrogen and oxygen atoms in total. The van der Waals surface area contributed by atoms with E-state index in [2.05, 4.69) is 15.0 Å². The Kier molecular flexibility index (Phi) is 7.11. The Labute approximate surface area is 165 Å². The first kappa shape index (κ1) is 20.4. The van der Waals surface area contributed by atoms with Crippen LogP contribution in [0.4, 0.5) is 0 Å². The Morgan fingerprint density at radius 3 is 2.61 bits per heavy atom. The lowest BCUT2D eigenvalue weighted by atomic mass is 10.1. The van der Waals surface area contributed by atoms with E-state index in [1.54, 1.807) is 27.4 Å². The number of rotatable bonds is 9. The number of benzene rings is 1. The second-order valence-corrected chi connectivity index (χ2v) is 6.91. The summed E-state index contributed by atoms with van der Waals surface area (Å²) in [6.45, 7) is 2.38. The van der Waals surface area contributed by atoms with Crippen molar-refractivity contribution >= 4 is 0 Å². The SMILES string of the molecule is COc1ccc(-c2noc(CN(C)CC[C@H]3CCCCO3)n2)c(OC)c1OC. The van der Waals surface area contributed by atoms with Crippen molar-refractivity contribution in [3.8, 4) is 28.6 Å². The van der Waals surface area contributed by atoms with Crippen LogP contribution < -0.4 is 14.2 Å². The van der Waals surface area contributed by atoms with Crippen LogP contribution in [0.15, 0.2) is 16.7 Å². The normalized spacial score (nSPS) is 17.0. The molecule has 0 unspecified atom stereocenters. The molecule has 0 N–H and O–H groups in total. The van der Waals surface area contributed by atoms with Gasteiger partial charge >= 0.3 is 0 Å². The molecule has 0 aliphatic carbocycles. The number of hydrogen-bond donors (Lipinski definition) is 0. The standard InChI is InChI=1S/C20H29N3O5/c1-23(11-10-14-7-5-6-12-27-14)13-17-21-20(22-28-17)15-8-9-16(24-2)19(26-4)18(15)25-3/h8-9,14H,5-7,10-13H2,1-4H3/t14-/m1/s1. The predicted molar refractivity (Wildman–Crippen MR) is 104 cm³/mol. The van der Waals surface area contributed by atoms with E-state index in [0.29, 0.717) is 47.2 Å². The first-order valence-electron chi connectivity index (χ1n) is 9.58. The molecule has 0 saturated carbocycles. The minimum Gasteiger partial charge on any atom is -0.493 e.